The van der Waals surface area contributed by atoms with E-state index in [0.717, 1.165) is 28.1 Å². The fourth-order valence-corrected chi connectivity index (χ4v) is 3.09. The Hall–Kier alpha value is -2.95. The normalized spacial score (nSPS) is 10.8. The molecule has 0 atom stereocenters. The molecule has 0 aliphatic heterocycles. The summed E-state index contributed by atoms with van der Waals surface area (Å²) in [6.45, 7) is 5.22. The Morgan fingerprint density at radius 2 is 1.78 bits per heavy atom. The lowest BCUT2D eigenvalue weighted by atomic mass is 10.1. The molecule has 0 spiro atoms. The summed E-state index contributed by atoms with van der Waals surface area (Å²) in [4.78, 5) is 12.1. The maximum Gasteiger partial charge on any atom is 0.220 e. The Morgan fingerprint density at radius 3 is 2.52 bits per heavy atom. The van der Waals surface area contributed by atoms with E-state index in [2.05, 4.69) is 28.6 Å². The van der Waals surface area contributed by atoms with Gasteiger partial charge in [-0.15, -0.1) is 0 Å². The van der Waals surface area contributed by atoms with Crippen molar-refractivity contribution in [2.75, 3.05) is 0 Å². The Labute approximate surface area is 159 Å². The molecule has 0 aliphatic carbocycles. The minimum absolute atomic E-state index is 0.0387. The second-order valence-electron chi connectivity index (χ2n) is 6.81. The Kier molecular flexibility index (Phi) is 6.01. The van der Waals surface area contributed by atoms with E-state index in [1.54, 1.807) is 6.07 Å². The van der Waals surface area contributed by atoms with Crippen LogP contribution in [0.25, 0.3) is 0 Å². The fourth-order valence-electron chi connectivity index (χ4n) is 3.09. The van der Waals surface area contributed by atoms with Crippen LogP contribution in [-0.2, 0) is 24.3 Å². The lowest BCUT2D eigenvalue weighted by molar-refractivity contribution is -0.121. The average molecular weight is 365 g/mol. The van der Waals surface area contributed by atoms with Gasteiger partial charge in [0.25, 0.3) is 0 Å². The SMILES string of the molecule is Cc1cc(C)n(Cc2cccc(CNC(=O)CCc3cccc(F)c3)c2)n1. The molecule has 0 saturated heterocycles. The van der Waals surface area contributed by atoms with Crippen LogP contribution in [0.3, 0.4) is 0 Å². The molecule has 1 heterocycles. The molecular weight excluding hydrogens is 341 g/mol. The number of aromatic nitrogens is 2. The largest absolute Gasteiger partial charge is 0.352 e. The van der Waals surface area contributed by atoms with Crippen LogP contribution in [0.5, 0.6) is 0 Å². The van der Waals surface area contributed by atoms with Crippen LogP contribution in [0.2, 0.25) is 0 Å². The molecule has 1 amide bonds. The van der Waals surface area contributed by atoms with Crippen LogP contribution < -0.4 is 5.32 Å². The summed E-state index contributed by atoms with van der Waals surface area (Å²) in [5.74, 6) is -0.310. The van der Waals surface area contributed by atoms with Gasteiger partial charge in [-0.3, -0.25) is 9.48 Å². The van der Waals surface area contributed by atoms with E-state index in [9.17, 15) is 9.18 Å². The number of benzene rings is 2. The number of halogens is 1. The van der Waals surface area contributed by atoms with Crippen molar-refractivity contribution in [2.45, 2.75) is 39.8 Å². The van der Waals surface area contributed by atoms with Crippen molar-refractivity contribution in [2.24, 2.45) is 0 Å². The Balaban J connectivity index is 1.52. The Bertz CT molecular complexity index is 933. The van der Waals surface area contributed by atoms with Gasteiger partial charge in [0.2, 0.25) is 5.91 Å². The minimum Gasteiger partial charge on any atom is -0.352 e. The summed E-state index contributed by atoms with van der Waals surface area (Å²) in [7, 11) is 0. The highest BCUT2D eigenvalue weighted by Gasteiger charge is 2.05. The number of hydrogen-bond acceptors (Lipinski definition) is 2. The van der Waals surface area contributed by atoms with Gasteiger partial charge in [0.05, 0.1) is 12.2 Å². The number of hydrogen-bond donors (Lipinski definition) is 1. The molecule has 1 aromatic heterocycles. The van der Waals surface area contributed by atoms with Crippen molar-refractivity contribution in [3.8, 4) is 0 Å². The van der Waals surface area contributed by atoms with E-state index >= 15 is 0 Å². The van der Waals surface area contributed by atoms with E-state index in [1.807, 2.05) is 36.7 Å². The number of amides is 1. The van der Waals surface area contributed by atoms with Crippen molar-refractivity contribution >= 4 is 5.91 Å². The number of nitrogens with zero attached hydrogens (tertiary/aromatic N) is 2. The van der Waals surface area contributed by atoms with E-state index in [4.69, 9.17) is 0 Å². The molecule has 3 aromatic rings. The summed E-state index contributed by atoms with van der Waals surface area (Å²) in [5.41, 5.74) is 5.16. The smallest absolute Gasteiger partial charge is 0.220 e. The van der Waals surface area contributed by atoms with Gasteiger partial charge < -0.3 is 5.32 Å². The van der Waals surface area contributed by atoms with E-state index in [-0.39, 0.29) is 11.7 Å². The molecule has 140 valence electrons. The summed E-state index contributed by atoms with van der Waals surface area (Å²) in [5, 5.41) is 7.42. The van der Waals surface area contributed by atoms with Crippen molar-refractivity contribution in [3.05, 3.63) is 88.5 Å². The zero-order chi connectivity index (χ0) is 19.2. The molecule has 0 aliphatic rings. The van der Waals surface area contributed by atoms with Gasteiger partial charge in [0.15, 0.2) is 0 Å². The first-order valence-corrected chi connectivity index (χ1v) is 9.09. The number of rotatable bonds is 7. The molecule has 0 saturated carbocycles. The molecule has 27 heavy (non-hydrogen) atoms. The highest BCUT2D eigenvalue weighted by molar-refractivity contribution is 5.76. The third kappa shape index (κ3) is 5.51. The van der Waals surface area contributed by atoms with Crippen LogP contribution in [0.4, 0.5) is 4.39 Å². The number of carbonyl (C=O) groups is 1. The minimum atomic E-state index is -0.271. The second-order valence-corrected chi connectivity index (χ2v) is 6.81. The van der Waals surface area contributed by atoms with Crippen LogP contribution in [0.15, 0.2) is 54.6 Å². The van der Waals surface area contributed by atoms with Gasteiger partial charge in [0.1, 0.15) is 5.82 Å². The first-order valence-electron chi connectivity index (χ1n) is 9.09. The highest BCUT2D eigenvalue weighted by Crippen LogP contribution is 2.10. The predicted molar refractivity (Wildman–Crippen MR) is 104 cm³/mol. The molecular formula is C22H24FN3O. The quantitative estimate of drug-likeness (QED) is 0.689. The van der Waals surface area contributed by atoms with Crippen molar-refractivity contribution in [1.82, 2.24) is 15.1 Å². The van der Waals surface area contributed by atoms with Crippen LogP contribution in [0, 0.1) is 19.7 Å². The number of aryl methyl sites for hydroxylation is 3. The fraction of sp³-hybridized carbons (Fsp3) is 0.273. The van der Waals surface area contributed by atoms with Gasteiger partial charge in [0, 0.05) is 18.7 Å². The molecule has 5 heteroatoms. The molecule has 1 N–H and O–H groups in total. The monoisotopic (exact) mass is 365 g/mol. The topological polar surface area (TPSA) is 46.9 Å². The molecule has 0 fully saturated rings. The highest BCUT2D eigenvalue weighted by atomic mass is 19.1. The van der Waals surface area contributed by atoms with Crippen LogP contribution in [0.1, 0.15) is 34.5 Å². The number of carbonyl (C=O) groups excluding carboxylic acids is 1. The first-order chi connectivity index (χ1) is 13.0. The summed E-state index contributed by atoms with van der Waals surface area (Å²) in [6.07, 6.45) is 0.871. The second kappa shape index (κ2) is 8.62. The van der Waals surface area contributed by atoms with E-state index in [1.165, 1.54) is 12.1 Å². The standard InChI is InChI=1S/C22H24FN3O/c1-16-11-17(2)26(25-16)15-20-7-3-6-19(12-20)14-24-22(27)10-9-18-5-4-8-21(23)13-18/h3-8,11-13H,9-10,14-15H2,1-2H3,(H,24,27). The third-order valence-electron chi connectivity index (χ3n) is 4.45. The summed E-state index contributed by atoms with van der Waals surface area (Å²) < 4.78 is 15.2. The maximum absolute atomic E-state index is 13.2. The molecule has 3 rings (SSSR count). The molecule has 0 unspecified atom stereocenters. The van der Waals surface area contributed by atoms with Gasteiger partial charge in [-0.1, -0.05) is 36.4 Å². The predicted octanol–water partition coefficient (Wildman–Crippen LogP) is 3.94. The van der Waals surface area contributed by atoms with Crippen LogP contribution >= 0.6 is 0 Å². The van der Waals surface area contributed by atoms with Crippen LogP contribution in [-0.4, -0.2) is 15.7 Å². The maximum atomic E-state index is 13.2. The Morgan fingerprint density at radius 1 is 1.04 bits per heavy atom. The summed E-state index contributed by atoms with van der Waals surface area (Å²) in [6, 6.07) is 16.6. The van der Waals surface area contributed by atoms with Gasteiger partial charge in [-0.2, -0.15) is 5.10 Å². The van der Waals surface area contributed by atoms with Crippen molar-refractivity contribution in [3.63, 3.8) is 0 Å². The molecule has 0 bridgehead atoms. The average Bonchev–Trinajstić information content (AvgIpc) is 2.95. The summed E-state index contributed by atoms with van der Waals surface area (Å²) >= 11 is 0. The van der Waals surface area contributed by atoms with Gasteiger partial charge in [-0.05, 0) is 55.2 Å². The zero-order valence-electron chi connectivity index (χ0n) is 15.7. The zero-order valence-corrected chi connectivity index (χ0v) is 15.7. The first kappa shape index (κ1) is 18.8. The number of nitrogens with one attached hydrogen (secondary N) is 1. The molecule has 2 aromatic carbocycles. The van der Waals surface area contributed by atoms with Crippen molar-refractivity contribution in [1.29, 1.82) is 0 Å². The van der Waals surface area contributed by atoms with Gasteiger partial charge >= 0.3 is 0 Å². The molecule has 4 nitrogen and oxygen atoms in total. The lowest BCUT2D eigenvalue weighted by Crippen LogP contribution is -2.23. The van der Waals surface area contributed by atoms with E-state index in [0.29, 0.717) is 25.9 Å². The molecule has 0 radical (unpaired) electrons. The third-order valence-corrected chi connectivity index (χ3v) is 4.45. The van der Waals surface area contributed by atoms with Gasteiger partial charge in [-0.25, -0.2) is 4.39 Å². The van der Waals surface area contributed by atoms with Crippen molar-refractivity contribution < 1.29 is 9.18 Å². The van der Waals surface area contributed by atoms with E-state index < -0.39 is 0 Å². The lowest BCUT2D eigenvalue weighted by Gasteiger charge is -2.09.